The average molecular weight is 243 g/mol. The largest absolute Gasteiger partial charge is 0.497 e. The second-order valence-electron chi connectivity index (χ2n) is 3.67. The normalized spacial score (nSPS) is 10.4. The number of aromatic nitrogens is 1. The fourth-order valence-corrected chi connectivity index (χ4v) is 1.81. The summed E-state index contributed by atoms with van der Waals surface area (Å²) in [4.78, 5) is 4.37. The summed E-state index contributed by atoms with van der Waals surface area (Å²) >= 11 is 0. The van der Waals surface area contributed by atoms with Gasteiger partial charge in [0, 0.05) is 11.5 Å². The molecular formula is C13H14BNO3. The van der Waals surface area contributed by atoms with E-state index < -0.39 is 0 Å². The van der Waals surface area contributed by atoms with Crippen molar-refractivity contribution >= 4 is 24.2 Å². The zero-order valence-electron chi connectivity index (χ0n) is 10.7. The lowest BCUT2D eigenvalue weighted by molar-refractivity contribution is 0.324. The molecular weight excluding hydrogens is 229 g/mol. The summed E-state index contributed by atoms with van der Waals surface area (Å²) in [6.45, 7) is 2.43. The highest BCUT2D eigenvalue weighted by molar-refractivity contribution is 6.40. The van der Waals surface area contributed by atoms with E-state index in [1.165, 1.54) is 0 Å². The van der Waals surface area contributed by atoms with Crippen LogP contribution in [-0.4, -0.2) is 33.7 Å². The van der Waals surface area contributed by atoms with Crippen LogP contribution in [0.4, 0.5) is 0 Å². The van der Waals surface area contributed by atoms with Gasteiger partial charge in [-0.3, -0.25) is 0 Å². The summed E-state index contributed by atoms with van der Waals surface area (Å²) in [5.74, 6) is 1.75. The van der Waals surface area contributed by atoms with E-state index in [2.05, 4.69) is 4.98 Å². The number of hydrogen-bond donors (Lipinski definition) is 0. The van der Waals surface area contributed by atoms with E-state index in [4.69, 9.17) is 22.1 Å². The lowest BCUT2D eigenvalue weighted by Crippen LogP contribution is -2.11. The molecule has 0 aliphatic rings. The van der Waals surface area contributed by atoms with Crippen LogP contribution in [0.2, 0.25) is 0 Å². The molecule has 0 amide bonds. The van der Waals surface area contributed by atoms with Crippen molar-refractivity contribution in [1.29, 1.82) is 0 Å². The molecule has 92 valence electrons. The number of benzene rings is 1. The Labute approximate surface area is 107 Å². The van der Waals surface area contributed by atoms with Gasteiger partial charge in [0.2, 0.25) is 5.88 Å². The van der Waals surface area contributed by atoms with Gasteiger partial charge in [-0.25, -0.2) is 4.98 Å². The molecule has 0 saturated heterocycles. The lowest BCUT2D eigenvalue weighted by atomic mass is 9.91. The number of hydrogen-bond acceptors (Lipinski definition) is 4. The number of methoxy groups -OCH3 is 2. The highest BCUT2D eigenvalue weighted by atomic mass is 16.5. The Kier molecular flexibility index (Phi) is 3.60. The Morgan fingerprint density at radius 1 is 1.17 bits per heavy atom. The third kappa shape index (κ3) is 2.08. The molecule has 2 rings (SSSR count). The molecule has 1 aromatic carbocycles. The second-order valence-corrected chi connectivity index (χ2v) is 3.67. The van der Waals surface area contributed by atoms with Crippen molar-refractivity contribution < 1.29 is 14.2 Å². The first-order valence-electron chi connectivity index (χ1n) is 5.65. The molecule has 1 heterocycles. The van der Waals surface area contributed by atoms with Crippen LogP contribution in [-0.2, 0) is 0 Å². The van der Waals surface area contributed by atoms with Crippen LogP contribution in [0.15, 0.2) is 18.2 Å². The van der Waals surface area contributed by atoms with Crippen LogP contribution >= 0.6 is 0 Å². The maximum absolute atomic E-state index is 6.02. The molecule has 0 N–H and O–H groups in total. The van der Waals surface area contributed by atoms with Crippen LogP contribution in [0.3, 0.4) is 0 Å². The van der Waals surface area contributed by atoms with Crippen molar-refractivity contribution in [2.24, 2.45) is 0 Å². The summed E-state index contributed by atoms with van der Waals surface area (Å²) in [6, 6.07) is 5.41. The van der Waals surface area contributed by atoms with Crippen LogP contribution in [0.25, 0.3) is 10.9 Å². The maximum atomic E-state index is 6.02. The van der Waals surface area contributed by atoms with E-state index in [-0.39, 0.29) is 0 Å². The first-order valence-corrected chi connectivity index (χ1v) is 5.65. The third-order valence-electron chi connectivity index (χ3n) is 2.65. The minimum atomic E-state index is 0.481. The van der Waals surface area contributed by atoms with Crippen molar-refractivity contribution in [1.82, 2.24) is 4.98 Å². The quantitative estimate of drug-likeness (QED) is 0.762. The van der Waals surface area contributed by atoms with Crippen LogP contribution < -0.4 is 19.7 Å². The van der Waals surface area contributed by atoms with Crippen molar-refractivity contribution in [3.8, 4) is 17.4 Å². The first kappa shape index (κ1) is 12.5. The molecule has 0 aliphatic carbocycles. The molecule has 0 fully saturated rings. The van der Waals surface area contributed by atoms with Gasteiger partial charge < -0.3 is 14.2 Å². The van der Waals surface area contributed by atoms with Crippen molar-refractivity contribution in [2.75, 3.05) is 20.8 Å². The minimum Gasteiger partial charge on any atom is -0.497 e. The summed E-state index contributed by atoms with van der Waals surface area (Å²) < 4.78 is 15.9. The van der Waals surface area contributed by atoms with E-state index in [9.17, 15) is 0 Å². The molecule has 0 aliphatic heterocycles. The molecule has 1 aromatic heterocycles. The Bertz CT molecular complexity index is 572. The van der Waals surface area contributed by atoms with Gasteiger partial charge in [0.05, 0.1) is 26.3 Å². The van der Waals surface area contributed by atoms with E-state index in [0.29, 0.717) is 35.0 Å². The summed E-state index contributed by atoms with van der Waals surface area (Å²) in [7, 11) is 9.19. The summed E-state index contributed by atoms with van der Waals surface area (Å²) in [5, 5.41) is 0.833. The molecule has 0 atom stereocenters. The van der Waals surface area contributed by atoms with Gasteiger partial charge in [0.15, 0.2) is 0 Å². The van der Waals surface area contributed by atoms with Gasteiger partial charge in [-0.1, -0.05) is 0 Å². The monoisotopic (exact) mass is 243 g/mol. The number of pyridine rings is 1. The number of nitrogens with zero attached hydrogens (tertiary/aromatic N) is 1. The molecule has 5 heteroatoms. The van der Waals surface area contributed by atoms with E-state index in [1.807, 2.05) is 13.0 Å². The Morgan fingerprint density at radius 2 is 1.89 bits per heavy atom. The van der Waals surface area contributed by atoms with Gasteiger partial charge >= 0.3 is 0 Å². The summed E-state index contributed by atoms with van der Waals surface area (Å²) in [5.41, 5.74) is 1.10. The summed E-state index contributed by atoms with van der Waals surface area (Å²) in [6.07, 6.45) is 0. The highest BCUT2D eigenvalue weighted by Gasteiger charge is 2.11. The van der Waals surface area contributed by atoms with E-state index in [0.717, 1.165) is 5.39 Å². The van der Waals surface area contributed by atoms with E-state index in [1.54, 1.807) is 26.4 Å². The number of rotatable bonds is 4. The molecule has 0 bridgehead atoms. The van der Waals surface area contributed by atoms with Crippen molar-refractivity contribution in [2.45, 2.75) is 6.92 Å². The number of ether oxygens (including phenoxy) is 3. The Morgan fingerprint density at radius 3 is 2.50 bits per heavy atom. The smallest absolute Gasteiger partial charge is 0.217 e. The Balaban J connectivity index is 2.71. The molecule has 4 nitrogen and oxygen atoms in total. The Hall–Kier alpha value is -1.91. The molecule has 0 saturated carbocycles. The first-order chi connectivity index (χ1) is 8.71. The third-order valence-corrected chi connectivity index (χ3v) is 2.65. The van der Waals surface area contributed by atoms with Gasteiger partial charge in [0.25, 0.3) is 0 Å². The highest BCUT2D eigenvalue weighted by Crippen LogP contribution is 2.29. The second kappa shape index (κ2) is 5.17. The average Bonchev–Trinajstić information content (AvgIpc) is 2.39. The molecule has 0 spiro atoms. The predicted molar refractivity (Wildman–Crippen MR) is 71.4 cm³/mol. The SMILES string of the molecule is [B]c1c(OC)ccc2c(OC)cc(OCC)nc12. The fraction of sp³-hybridized carbons (Fsp3) is 0.308. The van der Waals surface area contributed by atoms with Crippen LogP contribution in [0.5, 0.6) is 17.4 Å². The van der Waals surface area contributed by atoms with Gasteiger partial charge in [-0.05, 0) is 24.5 Å². The molecule has 2 aromatic rings. The van der Waals surface area contributed by atoms with Gasteiger partial charge in [0.1, 0.15) is 19.3 Å². The molecule has 0 unspecified atom stereocenters. The van der Waals surface area contributed by atoms with Crippen LogP contribution in [0, 0.1) is 0 Å². The zero-order chi connectivity index (χ0) is 13.1. The van der Waals surface area contributed by atoms with Crippen molar-refractivity contribution in [3.63, 3.8) is 0 Å². The van der Waals surface area contributed by atoms with Gasteiger partial charge in [-0.2, -0.15) is 0 Å². The molecule has 18 heavy (non-hydrogen) atoms. The standard InChI is InChI=1S/C13H14BNO3/c1-4-18-11-7-10(17-3)8-5-6-9(16-2)12(14)13(8)15-11/h5-7H,4H2,1-3H3. The van der Waals surface area contributed by atoms with Gasteiger partial charge in [-0.15, -0.1) is 0 Å². The van der Waals surface area contributed by atoms with Crippen molar-refractivity contribution in [3.05, 3.63) is 18.2 Å². The topological polar surface area (TPSA) is 40.6 Å². The van der Waals surface area contributed by atoms with Crippen LogP contribution in [0.1, 0.15) is 6.92 Å². The maximum Gasteiger partial charge on any atom is 0.217 e. The molecule has 2 radical (unpaired) electrons. The van der Waals surface area contributed by atoms with E-state index >= 15 is 0 Å². The lowest BCUT2D eigenvalue weighted by Gasteiger charge is -2.12. The fourth-order valence-electron chi connectivity index (χ4n) is 1.81. The zero-order valence-corrected chi connectivity index (χ0v) is 10.7. The predicted octanol–water partition coefficient (Wildman–Crippen LogP) is 1.44. The minimum absolute atomic E-state index is 0.481. The number of fused-ring (bicyclic) bond motifs is 1.